The van der Waals surface area contributed by atoms with Gasteiger partial charge in [-0.3, -0.25) is 0 Å². The molecule has 112 valence electrons. The average molecular weight is 297 g/mol. The lowest BCUT2D eigenvalue weighted by molar-refractivity contribution is 0.579. The molecule has 1 aromatic carbocycles. The van der Waals surface area contributed by atoms with Gasteiger partial charge in [-0.25, -0.2) is 13.1 Å². The first kappa shape index (κ1) is 15.3. The molecule has 6 heteroatoms. The van der Waals surface area contributed by atoms with Gasteiger partial charge in [-0.1, -0.05) is 19.1 Å². The van der Waals surface area contributed by atoms with Gasteiger partial charge < -0.3 is 10.6 Å². The summed E-state index contributed by atoms with van der Waals surface area (Å²) in [6.07, 6.45) is 1.01. The number of anilines is 1. The number of hydrogen-bond acceptors (Lipinski definition) is 4. The van der Waals surface area contributed by atoms with Gasteiger partial charge in [0.15, 0.2) is 0 Å². The van der Waals surface area contributed by atoms with Gasteiger partial charge in [-0.2, -0.15) is 0 Å². The summed E-state index contributed by atoms with van der Waals surface area (Å²) >= 11 is 0. The predicted molar refractivity (Wildman–Crippen MR) is 81.3 cm³/mol. The highest BCUT2D eigenvalue weighted by Gasteiger charge is 2.31. The first-order chi connectivity index (χ1) is 9.49. The van der Waals surface area contributed by atoms with Crippen LogP contribution in [0.15, 0.2) is 29.2 Å². The molecule has 0 bridgehead atoms. The van der Waals surface area contributed by atoms with E-state index in [0.717, 1.165) is 18.7 Å². The Morgan fingerprint density at radius 1 is 1.40 bits per heavy atom. The van der Waals surface area contributed by atoms with Crippen LogP contribution in [0.25, 0.3) is 0 Å². The van der Waals surface area contributed by atoms with E-state index in [0.29, 0.717) is 29.9 Å². The first-order valence-corrected chi connectivity index (χ1v) is 8.53. The van der Waals surface area contributed by atoms with Crippen molar-refractivity contribution in [1.29, 1.82) is 0 Å². The van der Waals surface area contributed by atoms with Gasteiger partial charge in [-0.15, -0.1) is 0 Å². The van der Waals surface area contributed by atoms with Crippen LogP contribution in [0, 0.1) is 5.92 Å². The number of nitrogens with two attached hydrogens (primary N) is 1. The molecule has 0 amide bonds. The number of nitrogens with zero attached hydrogens (tertiary/aromatic N) is 1. The Morgan fingerprint density at radius 2 is 2.10 bits per heavy atom. The van der Waals surface area contributed by atoms with Gasteiger partial charge >= 0.3 is 0 Å². The van der Waals surface area contributed by atoms with Gasteiger partial charge in [0.2, 0.25) is 10.0 Å². The number of hydrogen-bond donors (Lipinski definition) is 2. The van der Waals surface area contributed by atoms with E-state index in [2.05, 4.69) is 16.5 Å². The molecule has 2 unspecified atom stereocenters. The zero-order valence-electron chi connectivity index (χ0n) is 12.0. The Hall–Kier alpha value is -1.11. The molecular weight excluding hydrogens is 274 g/mol. The van der Waals surface area contributed by atoms with E-state index in [1.807, 2.05) is 12.1 Å². The zero-order valence-corrected chi connectivity index (χ0v) is 12.9. The van der Waals surface area contributed by atoms with Crippen LogP contribution >= 0.6 is 0 Å². The summed E-state index contributed by atoms with van der Waals surface area (Å²) in [6.45, 7) is 5.74. The fourth-order valence-electron chi connectivity index (χ4n) is 2.84. The fourth-order valence-corrected chi connectivity index (χ4v) is 4.09. The maximum atomic E-state index is 12.3. The number of para-hydroxylation sites is 1. The van der Waals surface area contributed by atoms with Crippen molar-refractivity contribution in [3.63, 3.8) is 0 Å². The summed E-state index contributed by atoms with van der Waals surface area (Å²) < 4.78 is 27.2. The van der Waals surface area contributed by atoms with Gasteiger partial charge in [-0.05, 0) is 37.9 Å². The second kappa shape index (κ2) is 6.11. The van der Waals surface area contributed by atoms with E-state index in [1.165, 1.54) is 0 Å². The van der Waals surface area contributed by atoms with Crippen molar-refractivity contribution in [2.24, 2.45) is 11.7 Å². The third-order valence-corrected chi connectivity index (χ3v) is 5.39. The lowest BCUT2D eigenvalue weighted by Gasteiger charge is -2.26. The molecule has 0 radical (unpaired) electrons. The lowest BCUT2D eigenvalue weighted by atomic mass is 10.1. The minimum atomic E-state index is -3.45. The Labute approximate surface area is 121 Å². The van der Waals surface area contributed by atoms with Crippen LogP contribution in [0.5, 0.6) is 0 Å². The van der Waals surface area contributed by atoms with E-state index in [4.69, 9.17) is 5.73 Å². The molecule has 2 rings (SSSR count). The molecule has 0 aromatic heterocycles. The van der Waals surface area contributed by atoms with E-state index in [9.17, 15) is 8.42 Å². The second-order valence-corrected chi connectivity index (χ2v) is 7.04. The van der Waals surface area contributed by atoms with Crippen LogP contribution in [-0.4, -0.2) is 34.1 Å². The maximum absolute atomic E-state index is 12.3. The predicted octanol–water partition coefficient (Wildman–Crippen LogP) is 1.16. The van der Waals surface area contributed by atoms with E-state index in [-0.39, 0.29) is 0 Å². The van der Waals surface area contributed by atoms with Crippen LogP contribution in [0.4, 0.5) is 5.69 Å². The molecular formula is C14H23N3O2S. The Bertz CT molecular complexity index is 559. The monoisotopic (exact) mass is 297 g/mol. The molecule has 1 fully saturated rings. The molecule has 0 spiro atoms. The summed E-state index contributed by atoms with van der Waals surface area (Å²) in [5, 5.41) is 0. The summed E-state index contributed by atoms with van der Waals surface area (Å²) in [5.41, 5.74) is 6.53. The minimum absolute atomic E-state index is 0.307. The fraction of sp³-hybridized carbons (Fsp3) is 0.571. The molecule has 1 saturated heterocycles. The highest BCUT2D eigenvalue weighted by Crippen LogP contribution is 2.33. The summed E-state index contributed by atoms with van der Waals surface area (Å²) in [7, 11) is -3.45. The van der Waals surface area contributed by atoms with E-state index >= 15 is 0 Å². The minimum Gasteiger partial charge on any atom is -0.367 e. The van der Waals surface area contributed by atoms with Crippen molar-refractivity contribution in [2.75, 3.05) is 24.5 Å². The van der Waals surface area contributed by atoms with Crippen molar-refractivity contribution in [3.8, 4) is 0 Å². The highest BCUT2D eigenvalue weighted by molar-refractivity contribution is 7.89. The Kier molecular flexibility index (Phi) is 4.67. The first-order valence-electron chi connectivity index (χ1n) is 7.05. The Morgan fingerprint density at radius 3 is 2.70 bits per heavy atom. The van der Waals surface area contributed by atoms with Crippen LogP contribution in [0.2, 0.25) is 0 Å². The van der Waals surface area contributed by atoms with Crippen LogP contribution in [-0.2, 0) is 10.0 Å². The van der Waals surface area contributed by atoms with Crippen LogP contribution in [0.3, 0.4) is 0 Å². The molecule has 0 aliphatic carbocycles. The number of nitrogens with one attached hydrogen (secondary N) is 1. The molecule has 1 heterocycles. The smallest absolute Gasteiger partial charge is 0.242 e. The zero-order chi connectivity index (χ0) is 14.8. The molecule has 0 saturated carbocycles. The Balaban J connectivity index is 2.39. The van der Waals surface area contributed by atoms with Crippen molar-refractivity contribution in [1.82, 2.24) is 4.72 Å². The maximum Gasteiger partial charge on any atom is 0.242 e. The van der Waals surface area contributed by atoms with Crippen molar-refractivity contribution >= 4 is 15.7 Å². The van der Waals surface area contributed by atoms with Crippen molar-refractivity contribution in [2.45, 2.75) is 31.2 Å². The molecule has 1 aliphatic heterocycles. The summed E-state index contributed by atoms with van der Waals surface area (Å²) in [5.74, 6) is 0.430. The molecule has 1 aromatic rings. The van der Waals surface area contributed by atoms with Crippen molar-refractivity contribution < 1.29 is 8.42 Å². The van der Waals surface area contributed by atoms with Gasteiger partial charge in [0.1, 0.15) is 4.90 Å². The summed E-state index contributed by atoms with van der Waals surface area (Å²) in [6, 6.07) is 7.48. The van der Waals surface area contributed by atoms with E-state index in [1.54, 1.807) is 19.1 Å². The SMILES string of the molecule is CCNS(=O)(=O)c1ccccc1N1CC(CN)CC1C. The van der Waals surface area contributed by atoms with Crippen molar-refractivity contribution in [3.05, 3.63) is 24.3 Å². The molecule has 5 nitrogen and oxygen atoms in total. The standard InChI is InChI=1S/C14H23N3O2S/c1-3-16-20(18,19)14-7-5-4-6-13(14)17-10-12(9-15)8-11(17)2/h4-7,11-12,16H,3,8-10,15H2,1-2H3. The van der Waals surface area contributed by atoms with E-state index < -0.39 is 10.0 Å². The third kappa shape index (κ3) is 2.97. The molecule has 20 heavy (non-hydrogen) atoms. The lowest BCUT2D eigenvalue weighted by Crippen LogP contribution is -2.31. The van der Waals surface area contributed by atoms with Gasteiger partial charge in [0.05, 0.1) is 5.69 Å². The largest absolute Gasteiger partial charge is 0.367 e. The normalized spacial score (nSPS) is 23.2. The topological polar surface area (TPSA) is 75.4 Å². The van der Waals surface area contributed by atoms with Gasteiger partial charge in [0, 0.05) is 19.1 Å². The molecule has 1 aliphatic rings. The third-order valence-electron chi connectivity index (χ3n) is 3.79. The molecule has 2 atom stereocenters. The second-order valence-electron chi connectivity index (χ2n) is 5.31. The summed E-state index contributed by atoms with van der Waals surface area (Å²) in [4.78, 5) is 2.51. The van der Waals surface area contributed by atoms with Gasteiger partial charge in [0.25, 0.3) is 0 Å². The number of rotatable bonds is 5. The van der Waals surface area contributed by atoms with Crippen LogP contribution in [0.1, 0.15) is 20.3 Å². The quantitative estimate of drug-likeness (QED) is 0.855. The highest BCUT2D eigenvalue weighted by atomic mass is 32.2. The number of sulfonamides is 1. The molecule has 3 N–H and O–H groups in total. The number of benzene rings is 1. The van der Waals surface area contributed by atoms with Crippen LogP contribution < -0.4 is 15.4 Å². The average Bonchev–Trinajstić information content (AvgIpc) is 2.80.